The van der Waals surface area contributed by atoms with E-state index in [1.165, 1.54) is 0 Å². The van der Waals surface area contributed by atoms with Gasteiger partial charge in [0.1, 0.15) is 5.82 Å². The van der Waals surface area contributed by atoms with E-state index in [-0.39, 0.29) is 0 Å². The van der Waals surface area contributed by atoms with Crippen LogP contribution in [0, 0.1) is 13.8 Å². The van der Waals surface area contributed by atoms with Crippen LogP contribution < -0.4 is 5.73 Å². The van der Waals surface area contributed by atoms with Crippen LogP contribution in [-0.2, 0) is 11.3 Å². The lowest BCUT2D eigenvalue weighted by molar-refractivity contribution is 0.181. The van der Waals surface area contributed by atoms with Crippen LogP contribution in [0.5, 0.6) is 0 Å². The second-order valence-electron chi connectivity index (χ2n) is 4.39. The fraction of sp³-hybridized carbons (Fsp3) is 0.286. The highest BCUT2D eigenvalue weighted by molar-refractivity contribution is 9.10. The zero-order valence-electron chi connectivity index (χ0n) is 11.2. The molecule has 0 fully saturated rings. The highest BCUT2D eigenvalue weighted by Gasteiger charge is 2.14. The van der Waals surface area contributed by atoms with Crippen molar-refractivity contribution in [2.45, 2.75) is 20.5 Å². The summed E-state index contributed by atoms with van der Waals surface area (Å²) in [5, 5.41) is 0. The molecule has 0 aliphatic carbocycles. The summed E-state index contributed by atoms with van der Waals surface area (Å²) in [6.45, 7) is 4.48. The first-order chi connectivity index (χ1) is 9.04. The second-order valence-corrected chi connectivity index (χ2v) is 5.19. The molecule has 2 aromatic rings. The molecule has 0 saturated carbocycles. The van der Waals surface area contributed by atoms with Crippen molar-refractivity contribution in [3.63, 3.8) is 0 Å². The largest absolute Gasteiger partial charge is 0.383 e. The van der Waals surface area contributed by atoms with Gasteiger partial charge in [-0.1, -0.05) is 18.2 Å². The molecule has 2 rings (SSSR count). The van der Waals surface area contributed by atoms with E-state index in [2.05, 4.69) is 25.9 Å². The Morgan fingerprint density at radius 3 is 2.42 bits per heavy atom. The summed E-state index contributed by atoms with van der Waals surface area (Å²) in [6, 6.07) is 6.10. The molecule has 0 unspecified atom stereocenters. The maximum Gasteiger partial charge on any atom is 0.162 e. The van der Waals surface area contributed by atoms with E-state index in [1.807, 2.05) is 32.0 Å². The normalized spacial score (nSPS) is 10.7. The maximum absolute atomic E-state index is 5.94. The molecule has 0 aliphatic heterocycles. The number of ether oxygens (including phenoxy) is 1. The van der Waals surface area contributed by atoms with Gasteiger partial charge in [0.25, 0.3) is 0 Å². The van der Waals surface area contributed by atoms with Crippen molar-refractivity contribution in [2.75, 3.05) is 12.8 Å². The van der Waals surface area contributed by atoms with E-state index in [4.69, 9.17) is 10.5 Å². The van der Waals surface area contributed by atoms with Crippen LogP contribution in [0.1, 0.15) is 16.8 Å². The van der Waals surface area contributed by atoms with Gasteiger partial charge in [0.05, 0.1) is 16.8 Å². The van der Waals surface area contributed by atoms with Crippen molar-refractivity contribution in [3.8, 4) is 11.4 Å². The zero-order valence-corrected chi connectivity index (χ0v) is 12.8. The van der Waals surface area contributed by atoms with Gasteiger partial charge >= 0.3 is 0 Å². The van der Waals surface area contributed by atoms with Crippen LogP contribution in [0.2, 0.25) is 0 Å². The standard InChI is InChI=1S/C14H16BrN3O/c1-8-5-4-6-9(2)11(8)14-17-10(7-19-3)12(15)13(16)18-14/h4-6H,7H2,1-3H3,(H2,16,17,18). The molecule has 4 nitrogen and oxygen atoms in total. The topological polar surface area (TPSA) is 61.0 Å². The summed E-state index contributed by atoms with van der Waals surface area (Å²) in [7, 11) is 1.63. The summed E-state index contributed by atoms with van der Waals surface area (Å²) < 4.78 is 5.84. The molecule has 0 saturated heterocycles. The van der Waals surface area contributed by atoms with Crippen LogP contribution in [-0.4, -0.2) is 17.1 Å². The molecule has 19 heavy (non-hydrogen) atoms. The maximum atomic E-state index is 5.94. The minimum Gasteiger partial charge on any atom is -0.383 e. The molecule has 2 N–H and O–H groups in total. The number of methoxy groups -OCH3 is 1. The Morgan fingerprint density at radius 2 is 1.84 bits per heavy atom. The molecule has 1 aromatic heterocycles. The van der Waals surface area contributed by atoms with Gasteiger partial charge in [0.2, 0.25) is 0 Å². The number of aryl methyl sites for hydroxylation is 2. The number of hydrogen-bond acceptors (Lipinski definition) is 4. The third kappa shape index (κ3) is 2.77. The van der Waals surface area contributed by atoms with E-state index in [1.54, 1.807) is 7.11 Å². The number of hydrogen-bond donors (Lipinski definition) is 1. The first kappa shape index (κ1) is 14.0. The highest BCUT2D eigenvalue weighted by atomic mass is 79.9. The lowest BCUT2D eigenvalue weighted by Crippen LogP contribution is -2.05. The molecule has 0 aliphatic rings. The van der Waals surface area contributed by atoms with Crippen molar-refractivity contribution >= 4 is 21.7 Å². The smallest absolute Gasteiger partial charge is 0.162 e. The molecule has 0 spiro atoms. The lowest BCUT2D eigenvalue weighted by Gasteiger charge is -2.12. The van der Waals surface area contributed by atoms with Crippen LogP contribution >= 0.6 is 15.9 Å². The van der Waals surface area contributed by atoms with E-state index in [0.29, 0.717) is 22.7 Å². The first-order valence-corrected chi connectivity index (χ1v) is 6.71. The molecule has 1 heterocycles. The number of anilines is 1. The van der Waals surface area contributed by atoms with Crippen molar-refractivity contribution < 1.29 is 4.74 Å². The number of nitrogen functional groups attached to an aromatic ring is 1. The third-order valence-corrected chi connectivity index (χ3v) is 3.80. The molecule has 0 atom stereocenters. The van der Waals surface area contributed by atoms with Gasteiger partial charge in [-0.05, 0) is 40.9 Å². The van der Waals surface area contributed by atoms with Crippen LogP contribution in [0.15, 0.2) is 22.7 Å². The average molecular weight is 322 g/mol. The number of aromatic nitrogens is 2. The molecule has 0 radical (unpaired) electrons. The Balaban J connectivity index is 2.63. The Bertz CT molecular complexity index is 594. The van der Waals surface area contributed by atoms with E-state index < -0.39 is 0 Å². The predicted molar refractivity (Wildman–Crippen MR) is 79.8 cm³/mol. The quantitative estimate of drug-likeness (QED) is 0.942. The number of nitrogens with zero attached hydrogens (tertiary/aromatic N) is 2. The Morgan fingerprint density at radius 1 is 1.21 bits per heavy atom. The summed E-state index contributed by atoms with van der Waals surface area (Å²) in [5.41, 5.74) is 9.98. The minimum absolute atomic E-state index is 0.394. The van der Waals surface area contributed by atoms with Crippen LogP contribution in [0.4, 0.5) is 5.82 Å². The SMILES string of the molecule is COCc1nc(-c2c(C)cccc2C)nc(N)c1Br. The van der Waals surface area contributed by atoms with Crippen molar-refractivity contribution in [1.82, 2.24) is 9.97 Å². The third-order valence-electron chi connectivity index (χ3n) is 2.93. The lowest BCUT2D eigenvalue weighted by atomic mass is 10.0. The van der Waals surface area contributed by atoms with Gasteiger partial charge in [-0.25, -0.2) is 9.97 Å². The first-order valence-electron chi connectivity index (χ1n) is 5.92. The highest BCUT2D eigenvalue weighted by Crippen LogP contribution is 2.29. The van der Waals surface area contributed by atoms with Crippen molar-refractivity contribution in [3.05, 3.63) is 39.5 Å². The van der Waals surface area contributed by atoms with Crippen molar-refractivity contribution in [1.29, 1.82) is 0 Å². The molecule has 1 aromatic carbocycles. The van der Waals surface area contributed by atoms with Crippen LogP contribution in [0.25, 0.3) is 11.4 Å². The zero-order chi connectivity index (χ0) is 14.0. The van der Waals surface area contributed by atoms with E-state index in [9.17, 15) is 0 Å². The fourth-order valence-corrected chi connectivity index (χ4v) is 2.32. The Kier molecular flexibility index (Phi) is 4.17. The van der Waals surface area contributed by atoms with Gasteiger partial charge in [-0.15, -0.1) is 0 Å². The van der Waals surface area contributed by atoms with Gasteiger partial charge in [-0.2, -0.15) is 0 Å². The number of halogens is 1. The summed E-state index contributed by atoms with van der Waals surface area (Å²) in [5.74, 6) is 1.07. The Labute approximate surface area is 121 Å². The van der Waals surface area contributed by atoms with Gasteiger partial charge in [-0.3, -0.25) is 0 Å². The van der Waals surface area contributed by atoms with E-state index >= 15 is 0 Å². The molecule has 0 amide bonds. The number of nitrogens with two attached hydrogens (primary N) is 1. The summed E-state index contributed by atoms with van der Waals surface area (Å²) >= 11 is 3.39. The molecule has 100 valence electrons. The predicted octanol–water partition coefficient (Wildman–Crippen LogP) is 3.25. The van der Waals surface area contributed by atoms with Gasteiger partial charge < -0.3 is 10.5 Å². The van der Waals surface area contributed by atoms with Crippen LogP contribution in [0.3, 0.4) is 0 Å². The molecule has 5 heteroatoms. The molecular formula is C14H16BrN3O. The van der Waals surface area contributed by atoms with E-state index in [0.717, 1.165) is 22.4 Å². The number of benzene rings is 1. The molecular weight excluding hydrogens is 306 g/mol. The van der Waals surface area contributed by atoms with Gasteiger partial charge in [0.15, 0.2) is 5.82 Å². The fourth-order valence-electron chi connectivity index (χ4n) is 2.02. The summed E-state index contributed by atoms with van der Waals surface area (Å²) in [4.78, 5) is 8.92. The summed E-state index contributed by atoms with van der Waals surface area (Å²) in [6.07, 6.45) is 0. The van der Waals surface area contributed by atoms with Crippen molar-refractivity contribution in [2.24, 2.45) is 0 Å². The Hall–Kier alpha value is -1.46. The minimum atomic E-state index is 0.394. The number of rotatable bonds is 3. The second kappa shape index (κ2) is 5.67. The monoisotopic (exact) mass is 321 g/mol. The molecule has 0 bridgehead atoms. The van der Waals surface area contributed by atoms with Gasteiger partial charge in [0, 0.05) is 12.7 Å². The average Bonchev–Trinajstić information content (AvgIpc) is 2.35.